The number of piperidine rings is 1. The molecule has 3 amide bonds. The molecule has 1 N–H and O–H groups in total. The summed E-state index contributed by atoms with van der Waals surface area (Å²) in [5.41, 5.74) is 0.874. The van der Waals surface area contributed by atoms with Gasteiger partial charge in [-0.15, -0.1) is 0 Å². The Hall–Kier alpha value is -2.11. The zero-order chi connectivity index (χ0) is 16.8. The van der Waals surface area contributed by atoms with E-state index in [0.717, 1.165) is 11.3 Å². The Bertz CT molecular complexity index is 651. The highest BCUT2D eigenvalue weighted by molar-refractivity contribution is 6.08. The van der Waals surface area contributed by atoms with E-state index in [2.05, 4.69) is 5.32 Å². The Kier molecular flexibility index (Phi) is 3.78. The Balaban J connectivity index is 1.99. The minimum Gasteiger partial charge on any atom is -0.341 e. The molecule has 1 spiro atoms. The molecular weight excluding hydrogens is 297 g/mol. The number of rotatable bonds is 1. The fourth-order valence-corrected chi connectivity index (χ4v) is 3.80. The second-order valence-electron chi connectivity index (χ2n) is 6.55. The first-order valence-electron chi connectivity index (χ1n) is 8.01. The molecule has 0 aliphatic carbocycles. The van der Waals surface area contributed by atoms with E-state index in [-0.39, 0.29) is 23.8 Å². The molecule has 2 aliphatic rings. The summed E-state index contributed by atoms with van der Waals surface area (Å²) in [6.45, 7) is 4.91. The highest BCUT2D eigenvalue weighted by Crippen LogP contribution is 2.48. The molecule has 1 aromatic rings. The summed E-state index contributed by atoms with van der Waals surface area (Å²) in [6.07, 6.45) is 1.05. The lowest BCUT2D eigenvalue weighted by atomic mass is 9.73. The number of urea groups is 1. The summed E-state index contributed by atoms with van der Waals surface area (Å²) < 4.78 is 13.8. The first-order chi connectivity index (χ1) is 10.9. The third-order valence-electron chi connectivity index (χ3n) is 5.00. The van der Waals surface area contributed by atoms with Gasteiger partial charge in [-0.1, -0.05) is 0 Å². The number of nitrogens with one attached hydrogen (secondary N) is 1. The first-order valence-corrected chi connectivity index (χ1v) is 8.01. The second kappa shape index (κ2) is 5.51. The van der Waals surface area contributed by atoms with Crippen molar-refractivity contribution in [2.75, 3.05) is 25.0 Å². The van der Waals surface area contributed by atoms with Crippen molar-refractivity contribution in [3.8, 4) is 0 Å². The van der Waals surface area contributed by atoms with Gasteiger partial charge in [-0.3, -0.25) is 4.79 Å². The fraction of sp³-hybridized carbons (Fsp3) is 0.529. The Morgan fingerprint density at radius 1 is 1.30 bits per heavy atom. The number of hydrogen-bond acceptors (Lipinski definition) is 2. The van der Waals surface area contributed by atoms with Crippen molar-refractivity contribution in [1.82, 2.24) is 10.2 Å². The van der Waals surface area contributed by atoms with Crippen LogP contribution in [0.4, 0.5) is 14.9 Å². The molecule has 5 nitrogen and oxygen atoms in total. The SMILES string of the molecule is CNC(=O)N1CCC2(CC1)C(=O)N(C(C)C)c1ccc(F)cc12. The van der Waals surface area contributed by atoms with Crippen LogP contribution in [0, 0.1) is 5.82 Å². The number of halogens is 1. The smallest absolute Gasteiger partial charge is 0.317 e. The van der Waals surface area contributed by atoms with Crippen LogP contribution in [-0.2, 0) is 10.2 Å². The molecule has 0 saturated carbocycles. The number of anilines is 1. The Labute approximate surface area is 135 Å². The number of amides is 3. The minimum absolute atomic E-state index is 0.0167. The van der Waals surface area contributed by atoms with Gasteiger partial charge in [-0.25, -0.2) is 9.18 Å². The number of fused-ring (bicyclic) bond motifs is 2. The van der Waals surface area contributed by atoms with Crippen LogP contribution in [-0.4, -0.2) is 43.0 Å². The number of hydrogen-bond donors (Lipinski definition) is 1. The maximum absolute atomic E-state index is 13.8. The van der Waals surface area contributed by atoms with E-state index in [1.54, 1.807) is 22.9 Å². The molecule has 0 atom stereocenters. The molecule has 2 heterocycles. The Morgan fingerprint density at radius 2 is 1.96 bits per heavy atom. The average molecular weight is 319 g/mol. The van der Waals surface area contributed by atoms with E-state index in [4.69, 9.17) is 0 Å². The molecule has 1 saturated heterocycles. The van der Waals surface area contributed by atoms with Crippen LogP contribution < -0.4 is 10.2 Å². The van der Waals surface area contributed by atoms with Crippen LogP contribution in [0.5, 0.6) is 0 Å². The molecular formula is C17H22FN3O2. The number of nitrogens with zero attached hydrogens (tertiary/aromatic N) is 2. The van der Waals surface area contributed by atoms with Gasteiger partial charge in [0, 0.05) is 31.9 Å². The second-order valence-corrected chi connectivity index (χ2v) is 6.55. The van der Waals surface area contributed by atoms with Crippen LogP contribution >= 0.6 is 0 Å². The van der Waals surface area contributed by atoms with Crippen LogP contribution in [0.1, 0.15) is 32.3 Å². The lowest BCUT2D eigenvalue weighted by Gasteiger charge is -2.38. The van der Waals surface area contributed by atoms with Gasteiger partial charge in [0.15, 0.2) is 0 Å². The van der Waals surface area contributed by atoms with Crippen molar-refractivity contribution in [3.63, 3.8) is 0 Å². The van der Waals surface area contributed by atoms with Crippen LogP contribution in [0.2, 0.25) is 0 Å². The number of benzene rings is 1. The summed E-state index contributed by atoms with van der Waals surface area (Å²) >= 11 is 0. The van der Waals surface area contributed by atoms with Gasteiger partial charge in [0.1, 0.15) is 5.82 Å². The van der Waals surface area contributed by atoms with Crippen molar-refractivity contribution in [2.24, 2.45) is 0 Å². The monoisotopic (exact) mass is 319 g/mol. The van der Waals surface area contributed by atoms with E-state index < -0.39 is 5.41 Å². The quantitative estimate of drug-likeness (QED) is 0.863. The highest BCUT2D eigenvalue weighted by atomic mass is 19.1. The van der Waals surface area contributed by atoms with Crippen molar-refractivity contribution in [1.29, 1.82) is 0 Å². The number of likely N-dealkylation sites (tertiary alicyclic amines) is 1. The standard InChI is InChI=1S/C17H22FN3O2/c1-11(2)21-14-5-4-12(18)10-13(14)17(15(21)22)6-8-20(9-7-17)16(23)19-3/h4-5,10-11H,6-9H2,1-3H3,(H,19,23). The van der Waals surface area contributed by atoms with Crippen LogP contribution in [0.3, 0.4) is 0 Å². The predicted octanol–water partition coefficient (Wildman–Crippen LogP) is 2.25. The number of carbonyl (C=O) groups excluding carboxylic acids is 2. The van der Waals surface area contributed by atoms with E-state index in [0.29, 0.717) is 25.9 Å². The molecule has 0 aromatic heterocycles. The average Bonchev–Trinajstić information content (AvgIpc) is 2.76. The largest absolute Gasteiger partial charge is 0.341 e. The van der Waals surface area contributed by atoms with Gasteiger partial charge in [0.25, 0.3) is 0 Å². The normalized spacial score (nSPS) is 19.4. The van der Waals surface area contributed by atoms with Gasteiger partial charge in [0.05, 0.1) is 5.41 Å². The molecule has 2 aliphatic heterocycles. The first kappa shape index (κ1) is 15.8. The molecule has 0 bridgehead atoms. The molecule has 3 rings (SSSR count). The fourth-order valence-electron chi connectivity index (χ4n) is 3.80. The van der Waals surface area contributed by atoms with Crippen molar-refractivity contribution in [3.05, 3.63) is 29.6 Å². The van der Waals surface area contributed by atoms with Crippen molar-refractivity contribution < 1.29 is 14.0 Å². The molecule has 0 radical (unpaired) electrons. The zero-order valence-corrected chi connectivity index (χ0v) is 13.7. The predicted molar refractivity (Wildman–Crippen MR) is 86.0 cm³/mol. The molecule has 6 heteroatoms. The molecule has 0 unspecified atom stereocenters. The minimum atomic E-state index is -0.702. The summed E-state index contributed by atoms with van der Waals surface area (Å²) in [5.74, 6) is -0.292. The van der Waals surface area contributed by atoms with E-state index in [9.17, 15) is 14.0 Å². The van der Waals surface area contributed by atoms with Gasteiger partial charge < -0.3 is 15.1 Å². The third kappa shape index (κ3) is 2.28. The zero-order valence-electron chi connectivity index (χ0n) is 13.7. The Morgan fingerprint density at radius 3 is 2.52 bits per heavy atom. The third-order valence-corrected chi connectivity index (χ3v) is 5.00. The van der Waals surface area contributed by atoms with Gasteiger partial charge >= 0.3 is 6.03 Å². The van der Waals surface area contributed by atoms with Gasteiger partial charge in [-0.05, 0) is 50.5 Å². The summed E-state index contributed by atoms with van der Waals surface area (Å²) in [7, 11) is 1.60. The van der Waals surface area contributed by atoms with Crippen molar-refractivity contribution >= 4 is 17.6 Å². The lowest BCUT2D eigenvalue weighted by Crippen LogP contribution is -2.52. The maximum atomic E-state index is 13.8. The highest BCUT2D eigenvalue weighted by Gasteiger charge is 2.53. The summed E-state index contributed by atoms with van der Waals surface area (Å²) in [6, 6.07) is 4.47. The maximum Gasteiger partial charge on any atom is 0.317 e. The molecule has 1 aromatic carbocycles. The lowest BCUT2D eigenvalue weighted by molar-refractivity contribution is -0.125. The van der Waals surface area contributed by atoms with Gasteiger partial charge in [-0.2, -0.15) is 0 Å². The molecule has 23 heavy (non-hydrogen) atoms. The van der Waals surface area contributed by atoms with E-state index >= 15 is 0 Å². The summed E-state index contributed by atoms with van der Waals surface area (Å²) in [5, 5.41) is 2.61. The van der Waals surface area contributed by atoms with Crippen LogP contribution in [0.25, 0.3) is 0 Å². The van der Waals surface area contributed by atoms with Crippen LogP contribution in [0.15, 0.2) is 18.2 Å². The molecule has 124 valence electrons. The van der Waals surface area contributed by atoms with E-state index in [1.165, 1.54) is 12.1 Å². The topological polar surface area (TPSA) is 52.7 Å². The summed E-state index contributed by atoms with van der Waals surface area (Å²) in [4.78, 5) is 28.4. The van der Waals surface area contributed by atoms with Crippen molar-refractivity contribution in [2.45, 2.75) is 38.1 Å². The van der Waals surface area contributed by atoms with Gasteiger partial charge in [0.2, 0.25) is 5.91 Å². The van der Waals surface area contributed by atoms with E-state index in [1.807, 2.05) is 13.8 Å². The molecule has 1 fully saturated rings. The number of carbonyl (C=O) groups is 2.